The first-order chi connectivity index (χ1) is 8.65. The van der Waals surface area contributed by atoms with Gasteiger partial charge in [-0.2, -0.15) is 0 Å². The molecule has 0 fully saturated rings. The Hall–Kier alpha value is -0.890. The lowest BCUT2D eigenvalue weighted by atomic mass is 9.88. The molecule has 102 valence electrons. The number of carbonyl (C=O) groups excluding carboxylic acids is 1. The minimum atomic E-state index is 0.238. The van der Waals surface area contributed by atoms with Gasteiger partial charge in [-0.1, -0.05) is 43.1 Å². The van der Waals surface area contributed by atoms with Crippen LogP contribution in [0.25, 0.3) is 0 Å². The SMILES string of the molecule is CCCCCC(=O)COCC1C(C)=CCC=C1C. The number of hydrogen-bond acceptors (Lipinski definition) is 2. The second kappa shape index (κ2) is 8.25. The van der Waals surface area contributed by atoms with Crippen LogP contribution in [0.1, 0.15) is 52.9 Å². The van der Waals surface area contributed by atoms with Gasteiger partial charge >= 0.3 is 0 Å². The maximum absolute atomic E-state index is 11.6. The lowest BCUT2D eigenvalue weighted by Gasteiger charge is -2.22. The molecule has 0 N–H and O–H groups in total. The van der Waals surface area contributed by atoms with E-state index in [4.69, 9.17) is 4.74 Å². The summed E-state index contributed by atoms with van der Waals surface area (Å²) in [5.41, 5.74) is 2.74. The smallest absolute Gasteiger partial charge is 0.158 e. The Bertz CT molecular complexity index is 308. The van der Waals surface area contributed by atoms with E-state index in [0.29, 0.717) is 18.9 Å². The van der Waals surface area contributed by atoms with Crippen LogP contribution >= 0.6 is 0 Å². The van der Waals surface area contributed by atoms with Gasteiger partial charge in [0.25, 0.3) is 0 Å². The summed E-state index contributed by atoms with van der Waals surface area (Å²) in [6.07, 6.45) is 9.47. The van der Waals surface area contributed by atoms with E-state index < -0.39 is 0 Å². The Kier molecular flexibility index (Phi) is 6.96. The van der Waals surface area contributed by atoms with Gasteiger partial charge in [-0.15, -0.1) is 0 Å². The van der Waals surface area contributed by atoms with Crippen molar-refractivity contribution < 1.29 is 9.53 Å². The molecule has 0 saturated carbocycles. The van der Waals surface area contributed by atoms with Gasteiger partial charge in [0.2, 0.25) is 0 Å². The van der Waals surface area contributed by atoms with Gasteiger partial charge in [0.1, 0.15) is 6.61 Å². The van der Waals surface area contributed by atoms with E-state index in [2.05, 4.69) is 32.9 Å². The van der Waals surface area contributed by atoms with Crippen molar-refractivity contribution in [2.75, 3.05) is 13.2 Å². The second-order valence-corrected chi connectivity index (χ2v) is 5.20. The van der Waals surface area contributed by atoms with Crippen molar-refractivity contribution in [3.63, 3.8) is 0 Å². The molecule has 0 aliphatic heterocycles. The molecule has 0 radical (unpaired) electrons. The van der Waals surface area contributed by atoms with Gasteiger partial charge in [0, 0.05) is 12.3 Å². The van der Waals surface area contributed by atoms with Crippen LogP contribution < -0.4 is 0 Å². The molecule has 1 rings (SSSR count). The number of rotatable bonds is 8. The van der Waals surface area contributed by atoms with Crippen molar-refractivity contribution in [1.29, 1.82) is 0 Å². The Labute approximate surface area is 111 Å². The molecule has 0 aromatic carbocycles. The van der Waals surface area contributed by atoms with E-state index in [1.165, 1.54) is 11.1 Å². The molecule has 0 spiro atoms. The third kappa shape index (κ3) is 5.18. The molecular formula is C16H26O2. The highest BCUT2D eigenvalue weighted by atomic mass is 16.5. The Morgan fingerprint density at radius 1 is 1.28 bits per heavy atom. The Morgan fingerprint density at radius 2 is 1.94 bits per heavy atom. The van der Waals surface area contributed by atoms with Crippen molar-refractivity contribution >= 4 is 5.78 Å². The van der Waals surface area contributed by atoms with Crippen LogP contribution in [0, 0.1) is 5.92 Å². The normalized spacial score (nSPS) is 16.4. The molecular weight excluding hydrogens is 224 g/mol. The third-order valence-electron chi connectivity index (χ3n) is 3.59. The fraction of sp³-hybridized carbons (Fsp3) is 0.688. The summed E-state index contributed by atoms with van der Waals surface area (Å²) >= 11 is 0. The largest absolute Gasteiger partial charge is 0.373 e. The minimum Gasteiger partial charge on any atom is -0.373 e. The Balaban J connectivity index is 2.21. The zero-order valence-corrected chi connectivity index (χ0v) is 12.0. The molecule has 0 heterocycles. The molecule has 2 nitrogen and oxygen atoms in total. The van der Waals surface area contributed by atoms with E-state index in [1.54, 1.807) is 0 Å². The van der Waals surface area contributed by atoms with Gasteiger partial charge in [0.05, 0.1) is 6.61 Å². The third-order valence-corrected chi connectivity index (χ3v) is 3.59. The van der Waals surface area contributed by atoms with Crippen LogP contribution in [-0.2, 0) is 9.53 Å². The number of unbranched alkanes of at least 4 members (excludes halogenated alkanes) is 2. The van der Waals surface area contributed by atoms with Crippen LogP contribution in [0.2, 0.25) is 0 Å². The van der Waals surface area contributed by atoms with Gasteiger partial charge in [-0.25, -0.2) is 0 Å². The van der Waals surface area contributed by atoms with Crippen molar-refractivity contribution in [2.45, 2.75) is 52.9 Å². The average molecular weight is 250 g/mol. The van der Waals surface area contributed by atoms with Crippen molar-refractivity contribution in [3.8, 4) is 0 Å². The quantitative estimate of drug-likeness (QED) is 0.479. The van der Waals surface area contributed by atoms with Crippen LogP contribution in [-0.4, -0.2) is 19.0 Å². The van der Waals surface area contributed by atoms with Gasteiger partial charge in [0.15, 0.2) is 5.78 Å². The van der Waals surface area contributed by atoms with Gasteiger partial charge in [-0.05, 0) is 26.7 Å². The highest BCUT2D eigenvalue weighted by Crippen LogP contribution is 2.25. The number of ether oxygens (including phenoxy) is 1. The fourth-order valence-electron chi connectivity index (χ4n) is 2.27. The van der Waals surface area contributed by atoms with E-state index >= 15 is 0 Å². The summed E-state index contributed by atoms with van der Waals surface area (Å²) in [6.45, 7) is 7.36. The summed E-state index contributed by atoms with van der Waals surface area (Å²) in [7, 11) is 0. The number of hydrogen-bond donors (Lipinski definition) is 0. The maximum atomic E-state index is 11.6. The molecule has 0 atom stereocenters. The van der Waals surface area contributed by atoms with Crippen LogP contribution in [0.5, 0.6) is 0 Å². The summed E-state index contributed by atoms with van der Waals surface area (Å²) in [5, 5.41) is 0. The Morgan fingerprint density at radius 3 is 2.56 bits per heavy atom. The number of Topliss-reactive ketones (excluding diaryl/α,β-unsaturated/α-hetero) is 1. The topological polar surface area (TPSA) is 26.3 Å². The molecule has 0 saturated heterocycles. The first kappa shape index (κ1) is 15.2. The zero-order valence-electron chi connectivity index (χ0n) is 12.0. The predicted molar refractivity (Wildman–Crippen MR) is 75.6 cm³/mol. The first-order valence-corrected chi connectivity index (χ1v) is 7.08. The first-order valence-electron chi connectivity index (χ1n) is 7.08. The second-order valence-electron chi connectivity index (χ2n) is 5.20. The highest BCUT2D eigenvalue weighted by Gasteiger charge is 2.16. The number of carbonyl (C=O) groups is 1. The van der Waals surface area contributed by atoms with E-state index in [0.717, 1.165) is 25.7 Å². The molecule has 0 bridgehead atoms. The summed E-state index contributed by atoms with van der Waals surface area (Å²) < 4.78 is 5.58. The zero-order chi connectivity index (χ0) is 13.4. The lowest BCUT2D eigenvalue weighted by molar-refractivity contribution is -0.123. The van der Waals surface area contributed by atoms with E-state index in [9.17, 15) is 4.79 Å². The molecule has 0 amide bonds. The van der Waals surface area contributed by atoms with Crippen LogP contribution in [0.3, 0.4) is 0 Å². The number of ketones is 1. The fourth-order valence-corrected chi connectivity index (χ4v) is 2.27. The average Bonchev–Trinajstić information content (AvgIpc) is 2.33. The van der Waals surface area contributed by atoms with Crippen LogP contribution in [0.4, 0.5) is 0 Å². The molecule has 1 aliphatic carbocycles. The molecule has 1 aliphatic rings. The molecule has 2 heteroatoms. The van der Waals surface area contributed by atoms with E-state index in [-0.39, 0.29) is 12.4 Å². The van der Waals surface area contributed by atoms with Crippen molar-refractivity contribution in [3.05, 3.63) is 23.3 Å². The van der Waals surface area contributed by atoms with Gasteiger partial charge < -0.3 is 4.74 Å². The molecule has 18 heavy (non-hydrogen) atoms. The monoisotopic (exact) mass is 250 g/mol. The van der Waals surface area contributed by atoms with E-state index in [1.807, 2.05) is 0 Å². The highest BCUT2D eigenvalue weighted by molar-refractivity contribution is 5.79. The van der Waals surface area contributed by atoms with Crippen molar-refractivity contribution in [1.82, 2.24) is 0 Å². The minimum absolute atomic E-state index is 0.238. The standard InChI is InChI=1S/C16H26O2/c1-4-5-6-10-15(17)11-18-12-16-13(2)8-7-9-14(16)3/h8-9,16H,4-7,10-12H2,1-3H3. The lowest BCUT2D eigenvalue weighted by Crippen LogP contribution is -2.18. The molecule has 0 aromatic heterocycles. The predicted octanol–water partition coefficient (Wildman–Crippen LogP) is 4.06. The number of allylic oxidation sites excluding steroid dienone is 2. The van der Waals surface area contributed by atoms with Crippen molar-refractivity contribution in [2.24, 2.45) is 5.92 Å². The van der Waals surface area contributed by atoms with Crippen LogP contribution in [0.15, 0.2) is 23.3 Å². The summed E-state index contributed by atoms with van der Waals surface area (Å²) in [4.78, 5) is 11.6. The summed E-state index contributed by atoms with van der Waals surface area (Å²) in [5.74, 6) is 0.615. The molecule has 0 aromatic rings. The maximum Gasteiger partial charge on any atom is 0.158 e. The van der Waals surface area contributed by atoms with Gasteiger partial charge in [-0.3, -0.25) is 4.79 Å². The molecule has 0 unspecified atom stereocenters. The summed E-state index contributed by atoms with van der Waals surface area (Å²) in [6, 6.07) is 0.